The van der Waals surface area contributed by atoms with Gasteiger partial charge in [0.2, 0.25) is 0 Å². The lowest BCUT2D eigenvalue weighted by Crippen LogP contribution is -2.49. The summed E-state index contributed by atoms with van der Waals surface area (Å²) < 4.78 is 1.30. The Balaban J connectivity index is 1.79. The lowest BCUT2D eigenvalue weighted by Gasteiger charge is -2.33. The summed E-state index contributed by atoms with van der Waals surface area (Å²) in [5, 5.41) is 4.65. The average molecular weight is 247 g/mol. The van der Waals surface area contributed by atoms with Gasteiger partial charge in [0.25, 0.3) is 0 Å². The number of thiazole rings is 1. The number of nitrogens with zero attached hydrogens (tertiary/aromatic N) is 2. The minimum atomic E-state index is 0.607. The molecule has 0 radical (unpaired) electrons. The third-order valence-corrected chi connectivity index (χ3v) is 4.34. The maximum Gasteiger partial charge on any atom is 0.108 e. The first-order valence-corrected chi connectivity index (χ1v) is 6.94. The second-order valence-corrected chi connectivity index (χ2v) is 5.71. The molecule has 1 aromatic carbocycles. The number of para-hydroxylation sites is 1. The normalized spacial score (nSPS) is 22.1. The molecule has 90 valence electrons. The highest BCUT2D eigenvalue weighted by Crippen LogP contribution is 2.23. The highest BCUT2D eigenvalue weighted by molar-refractivity contribution is 7.18. The molecule has 17 heavy (non-hydrogen) atoms. The van der Waals surface area contributed by atoms with E-state index in [4.69, 9.17) is 4.98 Å². The molecule has 1 aliphatic rings. The molecule has 2 heterocycles. The predicted molar refractivity (Wildman–Crippen MR) is 72.4 cm³/mol. The molecule has 1 N–H and O–H groups in total. The number of hydrogen-bond donors (Lipinski definition) is 1. The van der Waals surface area contributed by atoms with Gasteiger partial charge in [-0.1, -0.05) is 12.1 Å². The van der Waals surface area contributed by atoms with Crippen LogP contribution in [0, 0.1) is 0 Å². The summed E-state index contributed by atoms with van der Waals surface area (Å²) in [6, 6.07) is 8.99. The molecule has 0 unspecified atom stereocenters. The molecule has 1 fully saturated rings. The van der Waals surface area contributed by atoms with Gasteiger partial charge in [-0.3, -0.25) is 4.90 Å². The maximum absolute atomic E-state index is 4.70. The SMILES string of the molecule is C[C@@H]1CNCCN1Cc1nc2ccccc2s1. The van der Waals surface area contributed by atoms with Crippen LogP contribution in [0.25, 0.3) is 10.2 Å². The molecule has 1 aromatic heterocycles. The summed E-state index contributed by atoms with van der Waals surface area (Å²) in [6.45, 7) is 6.57. The molecule has 0 spiro atoms. The molecule has 0 aliphatic carbocycles. The minimum absolute atomic E-state index is 0.607. The first-order chi connectivity index (χ1) is 8.33. The predicted octanol–water partition coefficient (Wildman–Crippen LogP) is 2.09. The van der Waals surface area contributed by atoms with Crippen LogP contribution in [0.1, 0.15) is 11.9 Å². The van der Waals surface area contributed by atoms with E-state index in [0.29, 0.717) is 6.04 Å². The topological polar surface area (TPSA) is 28.2 Å². The lowest BCUT2D eigenvalue weighted by molar-refractivity contribution is 0.165. The van der Waals surface area contributed by atoms with Gasteiger partial charge in [0, 0.05) is 25.7 Å². The monoisotopic (exact) mass is 247 g/mol. The standard InChI is InChI=1S/C13H17N3S/c1-10-8-14-6-7-16(10)9-13-15-11-4-2-3-5-12(11)17-13/h2-5,10,14H,6-9H2,1H3/t10-/m1/s1. The number of hydrogen-bond acceptors (Lipinski definition) is 4. The van der Waals surface area contributed by atoms with Crippen LogP contribution in [-0.4, -0.2) is 35.6 Å². The molecule has 0 amide bonds. The summed E-state index contributed by atoms with van der Waals surface area (Å²) in [4.78, 5) is 7.21. The van der Waals surface area contributed by atoms with Crippen LogP contribution in [-0.2, 0) is 6.54 Å². The largest absolute Gasteiger partial charge is 0.314 e. The van der Waals surface area contributed by atoms with Crippen molar-refractivity contribution in [2.45, 2.75) is 19.5 Å². The van der Waals surface area contributed by atoms with Gasteiger partial charge in [-0.15, -0.1) is 11.3 Å². The summed E-state index contributed by atoms with van der Waals surface area (Å²) in [5.74, 6) is 0. The van der Waals surface area contributed by atoms with E-state index in [9.17, 15) is 0 Å². The molecule has 1 aliphatic heterocycles. The number of nitrogens with one attached hydrogen (secondary N) is 1. The number of fused-ring (bicyclic) bond motifs is 1. The third-order valence-electron chi connectivity index (χ3n) is 3.32. The van der Waals surface area contributed by atoms with Crippen molar-refractivity contribution < 1.29 is 0 Å². The molecule has 3 nitrogen and oxygen atoms in total. The Morgan fingerprint density at radius 2 is 2.35 bits per heavy atom. The quantitative estimate of drug-likeness (QED) is 0.881. The molecule has 4 heteroatoms. The lowest BCUT2D eigenvalue weighted by atomic mass is 10.2. The Labute approximate surface area is 105 Å². The van der Waals surface area contributed by atoms with Gasteiger partial charge in [0.05, 0.1) is 16.8 Å². The first kappa shape index (κ1) is 11.1. The fourth-order valence-electron chi connectivity index (χ4n) is 2.28. The highest BCUT2D eigenvalue weighted by atomic mass is 32.1. The van der Waals surface area contributed by atoms with E-state index < -0.39 is 0 Å². The zero-order valence-electron chi connectivity index (χ0n) is 10.0. The fraction of sp³-hybridized carbons (Fsp3) is 0.462. The molecule has 2 aromatic rings. The Morgan fingerprint density at radius 3 is 3.18 bits per heavy atom. The van der Waals surface area contributed by atoms with Gasteiger partial charge in [-0.2, -0.15) is 0 Å². The Bertz CT molecular complexity index is 475. The first-order valence-electron chi connectivity index (χ1n) is 6.12. The second-order valence-electron chi connectivity index (χ2n) is 4.60. The van der Waals surface area contributed by atoms with Crippen LogP contribution in [0.2, 0.25) is 0 Å². The molecule has 0 bridgehead atoms. The van der Waals surface area contributed by atoms with E-state index in [0.717, 1.165) is 31.7 Å². The Kier molecular flexibility index (Phi) is 3.09. The van der Waals surface area contributed by atoms with Gasteiger partial charge in [-0.25, -0.2) is 4.98 Å². The van der Waals surface area contributed by atoms with E-state index in [2.05, 4.69) is 41.4 Å². The number of aromatic nitrogens is 1. The maximum atomic E-state index is 4.70. The van der Waals surface area contributed by atoms with Crippen LogP contribution >= 0.6 is 11.3 Å². The zero-order valence-corrected chi connectivity index (χ0v) is 10.8. The molecule has 1 saturated heterocycles. The van der Waals surface area contributed by atoms with Crippen molar-refractivity contribution >= 4 is 21.6 Å². The molecule has 3 rings (SSSR count). The molecular formula is C13H17N3S. The van der Waals surface area contributed by atoms with Crippen molar-refractivity contribution in [3.05, 3.63) is 29.3 Å². The van der Waals surface area contributed by atoms with Crippen molar-refractivity contribution in [3.63, 3.8) is 0 Å². The zero-order chi connectivity index (χ0) is 11.7. The van der Waals surface area contributed by atoms with Crippen LogP contribution in [0.3, 0.4) is 0 Å². The van der Waals surface area contributed by atoms with Gasteiger partial charge in [0.15, 0.2) is 0 Å². The Hall–Kier alpha value is -0.970. The van der Waals surface area contributed by atoms with Gasteiger partial charge in [-0.05, 0) is 19.1 Å². The molecule has 0 saturated carbocycles. The van der Waals surface area contributed by atoms with Crippen LogP contribution in [0.5, 0.6) is 0 Å². The van der Waals surface area contributed by atoms with Crippen molar-refractivity contribution in [2.75, 3.05) is 19.6 Å². The smallest absolute Gasteiger partial charge is 0.108 e. The van der Waals surface area contributed by atoms with E-state index in [1.165, 1.54) is 9.71 Å². The number of rotatable bonds is 2. The summed E-state index contributed by atoms with van der Waals surface area (Å²) >= 11 is 1.82. The second kappa shape index (κ2) is 4.72. The van der Waals surface area contributed by atoms with E-state index in [-0.39, 0.29) is 0 Å². The number of benzene rings is 1. The van der Waals surface area contributed by atoms with Gasteiger partial charge >= 0.3 is 0 Å². The van der Waals surface area contributed by atoms with Gasteiger partial charge in [0.1, 0.15) is 5.01 Å². The minimum Gasteiger partial charge on any atom is -0.314 e. The Morgan fingerprint density at radius 1 is 1.47 bits per heavy atom. The fourth-order valence-corrected chi connectivity index (χ4v) is 3.27. The van der Waals surface area contributed by atoms with Crippen molar-refractivity contribution in [2.24, 2.45) is 0 Å². The third kappa shape index (κ3) is 2.34. The number of piperazine rings is 1. The molecular weight excluding hydrogens is 230 g/mol. The van der Waals surface area contributed by atoms with E-state index in [1.807, 2.05) is 11.3 Å². The van der Waals surface area contributed by atoms with E-state index in [1.54, 1.807) is 0 Å². The summed E-state index contributed by atoms with van der Waals surface area (Å²) in [6.07, 6.45) is 0. The van der Waals surface area contributed by atoms with Crippen molar-refractivity contribution in [3.8, 4) is 0 Å². The van der Waals surface area contributed by atoms with Crippen molar-refractivity contribution in [1.29, 1.82) is 0 Å². The van der Waals surface area contributed by atoms with Crippen LogP contribution < -0.4 is 5.32 Å². The highest BCUT2D eigenvalue weighted by Gasteiger charge is 2.19. The van der Waals surface area contributed by atoms with Crippen LogP contribution in [0.15, 0.2) is 24.3 Å². The molecule has 1 atom stereocenters. The van der Waals surface area contributed by atoms with Crippen molar-refractivity contribution in [1.82, 2.24) is 15.2 Å². The average Bonchev–Trinajstić information content (AvgIpc) is 2.74. The van der Waals surface area contributed by atoms with E-state index >= 15 is 0 Å². The van der Waals surface area contributed by atoms with Gasteiger partial charge < -0.3 is 5.32 Å². The van der Waals surface area contributed by atoms with Crippen LogP contribution in [0.4, 0.5) is 0 Å². The summed E-state index contributed by atoms with van der Waals surface area (Å²) in [5.41, 5.74) is 1.13. The summed E-state index contributed by atoms with van der Waals surface area (Å²) in [7, 11) is 0.